The van der Waals surface area contributed by atoms with Gasteiger partial charge in [-0.05, 0) is 29.8 Å². The number of hydrogen-bond acceptors (Lipinski definition) is 4. The molecule has 3 rings (SSSR count). The Hall–Kier alpha value is -2.88. The van der Waals surface area contributed by atoms with Crippen LogP contribution in [0.25, 0.3) is 10.9 Å². The van der Waals surface area contributed by atoms with Crippen molar-refractivity contribution in [2.45, 2.75) is 17.4 Å². The lowest BCUT2D eigenvalue weighted by Gasteiger charge is -2.16. The van der Waals surface area contributed by atoms with Crippen LogP contribution in [0.15, 0.2) is 53.6 Å². The highest BCUT2D eigenvalue weighted by Gasteiger charge is 2.25. The van der Waals surface area contributed by atoms with Crippen LogP contribution in [-0.2, 0) is 21.2 Å². The van der Waals surface area contributed by atoms with E-state index in [-0.39, 0.29) is 21.9 Å². The lowest BCUT2D eigenvalue weighted by molar-refractivity contribution is -0.139. The summed E-state index contributed by atoms with van der Waals surface area (Å²) in [7, 11) is -1.05. The number of nitrogens with one attached hydrogen (secondary N) is 2. The summed E-state index contributed by atoms with van der Waals surface area (Å²) in [6, 6.07) is 9.90. The molecule has 0 aliphatic carbocycles. The summed E-state index contributed by atoms with van der Waals surface area (Å²) in [5.41, 5.74) is 1.46. The molecule has 3 N–H and O–H groups in total. The molecule has 0 aliphatic rings. The second-order valence-electron chi connectivity index (χ2n) is 6.86. The fraction of sp³-hybridized carbons (Fsp3) is 0.200. The zero-order valence-electron chi connectivity index (χ0n) is 16.2. The maximum absolute atomic E-state index is 12.7. The molecule has 158 valence electrons. The van der Waals surface area contributed by atoms with Gasteiger partial charge in [0.15, 0.2) is 0 Å². The molecule has 0 fully saturated rings. The lowest BCUT2D eigenvalue weighted by atomic mass is 10.0. The fourth-order valence-corrected chi connectivity index (χ4v) is 4.14. The molecule has 1 aromatic heterocycles. The van der Waals surface area contributed by atoms with E-state index in [0.29, 0.717) is 0 Å². The second-order valence-corrected chi connectivity index (χ2v) is 9.42. The van der Waals surface area contributed by atoms with Gasteiger partial charge in [-0.2, -0.15) is 0 Å². The van der Waals surface area contributed by atoms with E-state index in [0.717, 1.165) is 26.8 Å². The third kappa shape index (κ3) is 4.33. The van der Waals surface area contributed by atoms with Crippen molar-refractivity contribution >= 4 is 44.4 Å². The molecule has 10 heteroatoms. The van der Waals surface area contributed by atoms with Gasteiger partial charge in [-0.25, -0.2) is 17.5 Å². The number of carbonyl (C=O) groups excluding carboxylic acids is 1. The number of halogens is 1. The molecule has 0 bridgehead atoms. The van der Waals surface area contributed by atoms with Crippen molar-refractivity contribution in [3.05, 3.63) is 64.8 Å². The Morgan fingerprint density at radius 1 is 1.20 bits per heavy atom. The SMILES string of the molecule is CN(C)S(=O)(=O)c1ccc(Cl)c(C(=O)N[C@@H](Cc2c[nH]c3ccccc23)C(=O)O)c1. The highest BCUT2D eigenvalue weighted by molar-refractivity contribution is 7.89. The number of nitrogens with zero attached hydrogens (tertiary/aromatic N) is 1. The Balaban J connectivity index is 1.88. The van der Waals surface area contributed by atoms with Crippen LogP contribution in [0.4, 0.5) is 0 Å². The van der Waals surface area contributed by atoms with Crippen molar-refractivity contribution in [3.63, 3.8) is 0 Å². The number of aromatic amines is 1. The molecule has 0 spiro atoms. The monoisotopic (exact) mass is 449 g/mol. The summed E-state index contributed by atoms with van der Waals surface area (Å²) in [6.45, 7) is 0. The van der Waals surface area contributed by atoms with E-state index in [4.69, 9.17) is 11.6 Å². The third-order valence-electron chi connectivity index (χ3n) is 4.66. The number of amides is 1. The molecule has 1 amide bonds. The molecule has 0 saturated carbocycles. The van der Waals surface area contributed by atoms with Gasteiger partial charge < -0.3 is 15.4 Å². The summed E-state index contributed by atoms with van der Waals surface area (Å²) >= 11 is 6.08. The first-order valence-electron chi connectivity index (χ1n) is 8.92. The Kier molecular flexibility index (Phi) is 6.16. The highest BCUT2D eigenvalue weighted by Crippen LogP contribution is 2.23. The minimum atomic E-state index is -3.79. The minimum Gasteiger partial charge on any atom is -0.480 e. The predicted molar refractivity (Wildman–Crippen MR) is 113 cm³/mol. The van der Waals surface area contributed by atoms with Crippen LogP contribution in [0.2, 0.25) is 5.02 Å². The number of carbonyl (C=O) groups is 2. The van der Waals surface area contributed by atoms with E-state index in [9.17, 15) is 23.1 Å². The number of H-pyrrole nitrogens is 1. The average Bonchev–Trinajstić information content (AvgIpc) is 3.10. The van der Waals surface area contributed by atoms with Crippen LogP contribution in [-0.4, -0.2) is 54.8 Å². The van der Waals surface area contributed by atoms with Crippen LogP contribution in [0.1, 0.15) is 15.9 Å². The van der Waals surface area contributed by atoms with Crippen LogP contribution in [0, 0.1) is 0 Å². The van der Waals surface area contributed by atoms with Gasteiger partial charge in [0.1, 0.15) is 6.04 Å². The van der Waals surface area contributed by atoms with Gasteiger partial charge in [0.2, 0.25) is 10.0 Å². The van der Waals surface area contributed by atoms with Gasteiger partial charge in [0, 0.05) is 37.6 Å². The molecule has 0 aliphatic heterocycles. The summed E-state index contributed by atoms with van der Waals surface area (Å²) in [5, 5.41) is 12.9. The van der Waals surface area contributed by atoms with Gasteiger partial charge in [0.05, 0.1) is 15.5 Å². The maximum Gasteiger partial charge on any atom is 0.326 e. The van der Waals surface area contributed by atoms with E-state index in [1.54, 1.807) is 6.20 Å². The smallest absolute Gasteiger partial charge is 0.326 e. The van der Waals surface area contributed by atoms with E-state index < -0.39 is 27.9 Å². The molecule has 8 nitrogen and oxygen atoms in total. The standard InChI is InChI=1S/C20H20ClN3O5S/c1-24(2)30(28,29)13-7-8-16(21)15(10-13)19(25)23-18(20(26)27)9-12-11-22-17-6-4-3-5-14(12)17/h3-8,10-11,18,22H,9H2,1-2H3,(H,23,25)(H,26,27)/t18-/m0/s1. The predicted octanol–water partition coefficient (Wildman–Crippen LogP) is 2.50. The zero-order chi connectivity index (χ0) is 22.1. The normalized spacial score (nSPS) is 12.8. The van der Waals surface area contributed by atoms with Gasteiger partial charge >= 0.3 is 5.97 Å². The first kappa shape index (κ1) is 21.8. The second kappa shape index (κ2) is 8.47. The van der Waals surface area contributed by atoms with Crippen molar-refractivity contribution in [3.8, 4) is 0 Å². The lowest BCUT2D eigenvalue weighted by Crippen LogP contribution is -2.42. The number of sulfonamides is 1. The largest absolute Gasteiger partial charge is 0.480 e. The average molecular weight is 450 g/mol. The molecule has 30 heavy (non-hydrogen) atoms. The van der Waals surface area contributed by atoms with Crippen LogP contribution < -0.4 is 5.32 Å². The van der Waals surface area contributed by atoms with Crippen molar-refractivity contribution in [1.29, 1.82) is 0 Å². The summed E-state index contributed by atoms with van der Waals surface area (Å²) in [5.74, 6) is -2.00. The maximum atomic E-state index is 12.7. The molecule has 3 aromatic rings. The van der Waals surface area contributed by atoms with Crippen LogP contribution in [0.5, 0.6) is 0 Å². The van der Waals surface area contributed by atoms with Crippen LogP contribution in [0.3, 0.4) is 0 Å². The summed E-state index contributed by atoms with van der Waals surface area (Å²) < 4.78 is 25.7. The van der Waals surface area contributed by atoms with Gasteiger partial charge in [-0.1, -0.05) is 29.8 Å². The van der Waals surface area contributed by atoms with Crippen molar-refractivity contribution in [2.75, 3.05) is 14.1 Å². The molecule has 0 unspecified atom stereocenters. The molecule has 0 saturated heterocycles. The van der Waals surface area contributed by atoms with E-state index in [1.165, 1.54) is 26.2 Å². The molecule has 1 atom stereocenters. The number of fused-ring (bicyclic) bond motifs is 1. The summed E-state index contributed by atoms with van der Waals surface area (Å²) in [4.78, 5) is 27.5. The Bertz CT molecular complexity index is 1220. The van der Waals surface area contributed by atoms with Crippen LogP contribution >= 0.6 is 11.6 Å². The Labute approximate surface area is 178 Å². The molecule has 1 heterocycles. The van der Waals surface area contributed by atoms with Crippen molar-refractivity contribution in [1.82, 2.24) is 14.6 Å². The minimum absolute atomic E-state index is 0.0152. The highest BCUT2D eigenvalue weighted by atomic mass is 35.5. The fourth-order valence-electron chi connectivity index (χ4n) is 3.01. The van der Waals surface area contributed by atoms with Gasteiger partial charge in [0.25, 0.3) is 5.91 Å². The van der Waals surface area contributed by atoms with Gasteiger partial charge in [-0.3, -0.25) is 4.79 Å². The zero-order valence-corrected chi connectivity index (χ0v) is 17.8. The molecular weight excluding hydrogens is 430 g/mol. The van der Waals surface area contributed by atoms with E-state index in [1.807, 2.05) is 24.3 Å². The molecule has 2 aromatic carbocycles. The van der Waals surface area contributed by atoms with Crippen molar-refractivity contribution < 1.29 is 23.1 Å². The first-order valence-corrected chi connectivity index (χ1v) is 10.7. The topological polar surface area (TPSA) is 120 Å². The number of carboxylic acids is 1. The number of hydrogen-bond donors (Lipinski definition) is 3. The number of carboxylic acid groups (broad SMARTS) is 1. The Morgan fingerprint density at radius 3 is 2.57 bits per heavy atom. The third-order valence-corrected chi connectivity index (χ3v) is 6.80. The van der Waals surface area contributed by atoms with E-state index in [2.05, 4.69) is 10.3 Å². The summed E-state index contributed by atoms with van der Waals surface area (Å²) in [6.07, 6.45) is 1.74. The van der Waals surface area contributed by atoms with E-state index >= 15 is 0 Å². The number of para-hydroxylation sites is 1. The van der Waals surface area contributed by atoms with Crippen molar-refractivity contribution in [2.24, 2.45) is 0 Å². The molecule has 0 radical (unpaired) electrons. The molecular formula is C20H20ClN3O5S. The number of benzene rings is 2. The van der Waals surface area contributed by atoms with Gasteiger partial charge in [-0.15, -0.1) is 0 Å². The first-order chi connectivity index (χ1) is 14.1. The number of rotatable bonds is 7. The number of aliphatic carboxylic acids is 1. The quantitative estimate of drug-likeness (QED) is 0.512. The number of aromatic nitrogens is 1. The Morgan fingerprint density at radius 2 is 1.90 bits per heavy atom.